The van der Waals surface area contributed by atoms with Crippen molar-refractivity contribution in [1.29, 1.82) is 0 Å². The van der Waals surface area contributed by atoms with Crippen molar-refractivity contribution in [1.82, 2.24) is 0 Å². The zero-order valence-corrected chi connectivity index (χ0v) is 66.8. The Balaban J connectivity index is 5.30. The molecule has 0 aromatic rings. The van der Waals surface area contributed by atoms with E-state index in [1.807, 2.05) is 0 Å². The third-order valence-corrected chi connectivity index (χ3v) is 20.2. The second kappa shape index (κ2) is 72.1. The number of allylic oxidation sites excluding steroid dienone is 4. The van der Waals surface area contributed by atoms with Gasteiger partial charge in [0.15, 0.2) is 12.2 Å². The second-order valence-electron chi connectivity index (χ2n) is 29.4. The summed E-state index contributed by atoms with van der Waals surface area (Å²) in [5.74, 6) is -0.595. The van der Waals surface area contributed by atoms with Gasteiger partial charge in [0.05, 0.1) is 26.4 Å². The molecule has 0 aliphatic rings. The van der Waals surface area contributed by atoms with Crippen LogP contribution in [0.15, 0.2) is 24.3 Å². The number of aliphatic hydroxyl groups excluding tert-OH is 1. The zero-order chi connectivity index (χ0) is 73.5. The van der Waals surface area contributed by atoms with E-state index in [1.54, 1.807) is 0 Å². The first-order chi connectivity index (χ1) is 48.4. The van der Waals surface area contributed by atoms with Gasteiger partial charge < -0.3 is 33.8 Å². The van der Waals surface area contributed by atoms with Crippen LogP contribution in [0.3, 0.4) is 0 Å². The standard InChI is InChI=1S/C81H154O17P2/c1-7-9-11-13-15-17-19-21-24-29-33-39-45-51-57-63-78(83)91-69-76(97-81(86)66-60-54-48-41-35-31-27-23-26-28-32-37-43-49-55-61-73(3)4)71-95-99(87,88)93-67-75(82)68-94-100(89,90)96-72-77(70-92-79(84)64-58-52-46-42-36-38-44-50-56-62-74(5)6)98-80(85)65-59-53-47-40-34-30-25-22-20-18-16-14-12-10-8-2/h17,19,21,24,73-77,82H,7-16,18,20,22-23,25-72H2,1-6H3,(H,87,88)(H,89,90)/b19-17-,24-21-/t75-,76-,77-/m1/s1. The molecule has 5 atom stereocenters. The third-order valence-electron chi connectivity index (χ3n) is 18.3. The van der Waals surface area contributed by atoms with Crippen LogP contribution in [-0.4, -0.2) is 96.7 Å². The lowest BCUT2D eigenvalue weighted by Gasteiger charge is -2.21. The highest BCUT2D eigenvalue weighted by atomic mass is 31.2. The number of carbonyl (C=O) groups excluding carboxylic acids is 4. The van der Waals surface area contributed by atoms with Gasteiger partial charge in [-0.15, -0.1) is 0 Å². The molecule has 17 nitrogen and oxygen atoms in total. The molecule has 0 aliphatic heterocycles. The number of ether oxygens (including phenoxy) is 4. The van der Waals surface area contributed by atoms with E-state index in [2.05, 4.69) is 65.8 Å². The van der Waals surface area contributed by atoms with Crippen LogP contribution in [0.5, 0.6) is 0 Å². The van der Waals surface area contributed by atoms with Gasteiger partial charge in [0.1, 0.15) is 19.3 Å². The Bertz CT molecular complexity index is 2020. The van der Waals surface area contributed by atoms with E-state index in [9.17, 15) is 43.2 Å². The number of hydrogen-bond donors (Lipinski definition) is 3. The second-order valence-corrected chi connectivity index (χ2v) is 32.3. The molecule has 0 aromatic carbocycles. The molecule has 590 valence electrons. The Hall–Kier alpha value is -2.46. The van der Waals surface area contributed by atoms with Crippen molar-refractivity contribution in [2.45, 2.75) is 419 Å². The molecule has 0 radical (unpaired) electrons. The molecule has 3 N–H and O–H groups in total. The van der Waals surface area contributed by atoms with Crippen LogP contribution in [0.1, 0.15) is 401 Å². The third kappa shape index (κ3) is 73.8. The van der Waals surface area contributed by atoms with Gasteiger partial charge in [-0.25, -0.2) is 9.13 Å². The minimum absolute atomic E-state index is 0.101. The Labute approximate surface area is 612 Å². The van der Waals surface area contributed by atoms with E-state index in [0.29, 0.717) is 25.7 Å². The van der Waals surface area contributed by atoms with Gasteiger partial charge in [-0.05, 0) is 63.2 Å². The normalized spacial score (nSPS) is 14.1. The molecule has 0 saturated heterocycles. The number of rotatable bonds is 78. The van der Waals surface area contributed by atoms with Gasteiger partial charge in [0, 0.05) is 25.7 Å². The lowest BCUT2D eigenvalue weighted by Crippen LogP contribution is -2.30. The largest absolute Gasteiger partial charge is 0.472 e. The predicted molar refractivity (Wildman–Crippen MR) is 409 cm³/mol. The highest BCUT2D eigenvalue weighted by Crippen LogP contribution is 2.45. The number of hydrogen-bond acceptors (Lipinski definition) is 15. The maximum absolute atomic E-state index is 13.1. The maximum atomic E-state index is 13.1. The van der Waals surface area contributed by atoms with Crippen LogP contribution in [-0.2, 0) is 65.4 Å². The Kier molecular flexibility index (Phi) is 70.3. The van der Waals surface area contributed by atoms with E-state index >= 15 is 0 Å². The van der Waals surface area contributed by atoms with Crippen molar-refractivity contribution in [2.24, 2.45) is 11.8 Å². The fraction of sp³-hybridized carbons (Fsp3) is 0.901. The Morgan fingerprint density at radius 1 is 0.310 bits per heavy atom. The van der Waals surface area contributed by atoms with Crippen LogP contribution in [0.4, 0.5) is 0 Å². The highest BCUT2D eigenvalue weighted by molar-refractivity contribution is 7.47. The van der Waals surface area contributed by atoms with E-state index < -0.39 is 97.5 Å². The average Bonchev–Trinajstić information content (AvgIpc) is 0.932. The van der Waals surface area contributed by atoms with E-state index in [0.717, 1.165) is 121 Å². The van der Waals surface area contributed by atoms with E-state index in [4.69, 9.17) is 37.0 Å². The van der Waals surface area contributed by atoms with Crippen LogP contribution in [0.25, 0.3) is 0 Å². The number of phosphoric acid groups is 2. The average molecular weight is 1460 g/mol. The molecular formula is C81H154O17P2. The molecule has 0 fully saturated rings. The van der Waals surface area contributed by atoms with Gasteiger partial charge in [-0.1, -0.05) is 348 Å². The highest BCUT2D eigenvalue weighted by Gasteiger charge is 2.30. The van der Waals surface area contributed by atoms with Crippen LogP contribution >= 0.6 is 15.6 Å². The molecular weight excluding hydrogens is 1310 g/mol. The summed E-state index contributed by atoms with van der Waals surface area (Å²) in [6.45, 7) is 9.58. The summed E-state index contributed by atoms with van der Waals surface area (Å²) < 4.78 is 68.7. The summed E-state index contributed by atoms with van der Waals surface area (Å²) in [4.78, 5) is 73.0. The molecule has 2 unspecified atom stereocenters. The van der Waals surface area contributed by atoms with Gasteiger partial charge >= 0.3 is 39.5 Å². The number of carbonyl (C=O) groups is 4. The first kappa shape index (κ1) is 97.5. The first-order valence-electron chi connectivity index (χ1n) is 41.3. The SMILES string of the molecule is CCCCCC/C=C\C=C/CCCCCCCC(=O)OC[C@H](COP(=O)(O)OC[C@@H](O)COP(=O)(O)OC[C@@H](COC(=O)CCCCCCCCCCCC(C)C)OC(=O)CCCCCCCCCCCCCCCCC)OC(=O)CCCCCCCCCCCCCCCCCC(C)C. The number of esters is 4. The smallest absolute Gasteiger partial charge is 0.462 e. The minimum Gasteiger partial charge on any atom is -0.462 e. The summed E-state index contributed by atoms with van der Waals surface area (Å²) in [5.41, 5.74) is 0. The van der Waals surface area contributed by atoms with Gasteiger partial charge in [0.25, 0.3) is 0 Å². The summed E-state index contributed by atoms with van der Waals surface area (Å²) in [5, 5.41) is 10.6. The summed E-state index contributed by atoms with van der Waals surface area (Å²) in [6, 6.07) is 0. The Morgan fingerprint density at radius 2 is 0.540 bits per heavy atom. The van der Waals surface area contributed by atoms with Gasteiger partial charge in [-0.3, -0.25) is 37.3 Å². The van der Waals surface area contributed by atoms with Gasteiger partial charge in [0.2, 0.25) is 0 Å². The lowest BCUT2D eigenvalue weighted by molar-refractivity contribution is -0.161. The van der Waals surface area contributed by atoms with E-state index in [-0.39, 0.29) is 25.7 Å². The fourth-order valence-corrected chi connectivity index (χ4v) is 13.6. The molecule has 0 heterocycles. The van der Waals surface area contributed by atoms with Crippen molar-refractivity contribution >= 4 is 39.5 Å². The summed E-state index contributed by atoms with van der Waals surface area (Å²) in [6.07, 6.45) is 64.5. The Morgan fingerprint density at radius 3 is 0.820 bits per heavy atom. The lowest BCUT2D eigenvalue weighted by atomic mass is 10.0. The fourth-order valence-electron chi connectivity index (χ4n) is 12.0. The predicted octanol–water partition coefficient (Wildman–Crippen LogP) is 23.8. The first-order valence-corrected chi connectivity index (χ1v) is 44.3. The van der Waals surface area contributed by atoms with Crippen molar-refractivity contribution in [3.63, 3.8) is 0 Å². The topological polar surface area (TPSA) is 237 Å². The molecule has 100 heavy (non-hydrogen) atoms. The zero-order valence-electron chi connectivity index (χ0n) is 65.0. The molecule has 0 aromatic heterocycles. The van der Waals surface area contributed by atoms with Crippen molar-refractivity contribution < 1.29 is 80.2 Å². The quantitative estimate of drug-likeness (QED) is 0.0169. The molecule has 0 amide bonds. The minimum atomic E-state index is -4.97. The monoisotopic (exact) mass is 1460 g/mol. The van der Waals surface area contributed by atoms with Crippen LogP contribution in [0.2, 0.25) is 0 Å². The van der Waals surface area contributed by atoms with Crippen molar-refractivity contribution in [3.05, 3.63) is 24.3 Å². The number of aliphatic hydroxyl groups is 1. The van der Waals surface area contributed by atoms with Crippen molar-refractivity contribution in [2.75, 3.05) is 39.6 Å². The maximum Gasteiger partial charge on any atom is 0.472 e. The number of phosphoric ester groups is 2. The summed E-state index contributed by atoms with van der Waals surface area (Å²) in [7, 11) is -9.93. The van der Waals surface area contributed by atoms with Gasteiger partial charge in [-0.2, -0.15) is 0 Å². The molecule has 0 saturated carbocycles. The van der Waals surface area contributed by atoms with E-state index in [1.165, 1.54) is 199 Å². The van der Waals surface area contributed by atoms with Crippen LogP contribution < -0.4 is 0 Å². The summed E-state index contributed by atoms with van der Waals surface area (Å²) >= 11 is 0. The molecule has 0 rings (SSSR count). The molecule has 0 spiro atoms. The molecule has 0 bridgehead atoms. The van der Waals surface area contributed by atoms with Crippen LogP contribution in [0, 0.1) is 11.8 Å². The van der Waals surface area contributed by atoms with Crippen molar-refractivity contribution in [3.8, 4) is 0 Å². The molecule has 19 heteroatoms. The number of unbranched alkanes of at least 4 members (excludes halogenated alkanes) is 45. The molecule has 0 aliphatic carbocycles.